The average Bonchev–Trinajstić information content (AvgIpc) is 2.16. The van der Waals surface area contributed by atoms with E-state index in [1.54, 1.807) is 0 Å². The van der Waals surface area contributed by atoms with Gasteiger partial charge in [0.1, 0.15) is 6.04 Å². The number of rotatable bonds is 5. The Morgan fingerprint density at radius 3 is 2.75 bits per heavy atom. The van der Waals surface area contributed by atoms with Gasteiger partial charge in [0.05, 0.1) is 0 Å². The third-order valence-corrected chi connectivity index (χ3v) is 2.70. The van der Waals surface area contributed by atoms with Gasteiger partial charge >= 0.3 is 5.97 Å². The Kier molecular flexibility index (Phi) is 4.74. The fraction of sp³-hybridized carbons (Fsp3) is 0.615. The highest BCUT2D eigenvalue weighted by Crippen LogP contribution is 2.25. The summed E-state index contributed by atoms with van der Waals surface area (Å²) in [7, 11) is 0. The summed E-state index contributed by atoms with van der Waals surface area (Å²) in [4.78, 5) is 10.7. The average molecular weight is 223 g/mol. The molecule has 0 aliphatic heterocycles. The molecular weight excluding hydrogens is 202 g/mol. The van der Waals surface area contributed by atoms with Crippen LogP contribution in [0.25, 0.3) is 0 Å². The Balaban J connectivity index is 2.58. The van der Waals surface area contributed by atoms with Crippen LogP contribution in [0.3, 0.4) is 0 Å². The third-order valence-electron chi connectivity index (χ3n) is 2.70. The summed E-state index contributed by atoms with van der Waals surface area (Å²) in [5.41, 5.74) is 8.03. The van der Waals surface area contributed by atoms with Crippen LogP contribution in [0.4, 0.5) is 0 Å². The molecule has 16 heavy (non-hydrogen) atoms. The van der Waals surface area contributed by atoms with Gasteiger partial charge in [0, 0.05) is 0 Å². The first-order valence-electron chi connectivity index (χ1n) is 5.86. The maximum Gasteiger partial charge on any atom is 0.320 e. The van der Waals surface area contributed by atoms with Crippen LogP contribution in [0.1, 0.15) is 39.5 Å². The molecule has 0 fully saturated rings. The number of aliphatic carboxylic acids is 1. The Morgan fingerprint density at radius 1 is 1.50 bits per heavy atom. The zero-order valence-corrected chi connectivity index (χ0v) is 10.1. The second kappa shape index (κ2) is 5.85. The van der Waals surface area contributed by atoms with Crippen molar-refractivity contribution in [3.8, 4) is 0 Å². The van der Waals surface area contributed by atoms with E-state index in [-0.39, 0.29) is 0 Å². The summed E-state index contributed by atoms with van der Waals surface area (Å²) in [5, 5.41) is 8.75. The first-order chi connectivity index (χ1) is 7.49. The van der Waals surface area contributed by atoms with Crippen molar-refractivity contribution in [3.63, 3.8) is 0 Å². The summed E-state index contributed by atoms with van der Waals surface area (Å²) >= 11 is 0. The van der Waals surface area contributed by atoms with Crippen LogP contribution >= 0.6 is 0 Å². The van der Waals surface area contributed by atoms with Crippen molar-refractivity contribution in [2.45, 2.75) is 45.6 Å². The van der Waals surface area contributed by atoms with E-state index in [4.69, 9.17) is 10.8 Å². The summed E-state index contributed by atoms with van der Waals surface area (Å²) in [6.07, 6.45) is 7.89. The SMILES string of the molecule is CC(C)CC1=CC(CC(N)C(=O)O)=CCC1. The van der Waals surface area contributed by atoms with E-state index >= 15 is 0 Å². The number of carboxylic acids is 1. The van der Waals surface area contributed by atoms with Crippen molar-refractivity contribution in [3.05, 3.63) is 23.3 Å². The second-order valence-corrected chi connectivity index (χ2v) is 4.87. The van der Waals surface area contributed by atoms with Gasteiger partial charge in [0.25, 0.3) is 0 Å². The Labute approximate surface area is 97.0 Å². The predicted octanol–water partition coefficient (Wildman–Crippen LogP) is 2.48. The highest BCUT2D eigenvalue weighted by Gasteiger charge is 2.15. The Bertz CT molecular complexity index is 316. The number of hydrogen-bond acceptors (Lipinski definition) is 2. The number of hydrogen-bond donors (Lipinski definition) is 2. The largest absolute Gasteiger partial charge is 0.480 e. The monoisotopic (exact) mass is 223 g/mol. The van der Waals surface area contributed by atoms with E-state index in [9.17, 15) is 4.79 Å². The van der Waals surface area contributed by atoms with Crippen LogP contribution in [-0.4, -0.2) is 17.1 Å². The van der Waals surface area contributed by atoms with Crippen molar-refractivity contribution >= 4 is 5.97 Å². The summed E-state index contributed by atoms with van der Waals surface area (Å²) in [6.45, 7) is 4.39. The number of carboxylic acid groups (broad SMARTS) is 1. The molecule has 3 N–H and O–H groups in total. The van der Waals surface area contributed by atoms with Gasteiger partial charge in [0.15, 0.2) is 0 Å². The minimum atomic E-state index is -0.926. The zero-order chi connectivity index (χ0) is 12.1. The van der Waals surface area contributed by atoms with Crippen molar-refractivity contribution in [1.29, 1.82) is 0 Å². The molecule has 1 aliphatic rings. The predicted molar refractivity (Wildman–Crippen MR) is 65.1 cm³/mol. The smallest absolute Gasteiger partial charge is 0.320 e. The molecule has 0 aromatic rings. The molecule has 0 saturated carbocycles. The van der Waals surface area contributed by atoms with Gasteiger partial charge in [0.2, 0.25) is 0 Å². The molecule has 1 aliphatic carbocycles. The fourth-order valence-corrected chi connectivity index (χ4v) is 2.01. The van der Waals surface area contributed by atoms with Crippen LogP contribution in [0.2, 0.25) is 0 Å². The molecule has 0 heterocycles. The third kappa shape index (κ3) is 4.19. The van der Waals surface area contributed by atoms with Crippen molar-refractivity contribution in [2.24, 2.45) is 11.7 Å². The molecule has 0 radical (unpaired) electrons. The van der Waals surface area contributed by atoms with E-state index in [1.807, 2.05) is 0 Å². The fourth-order valence-electron chi connectivity index (χ4n) is 2.01. The molecule has 1 rings (SSSR count). The van der Waals surface area contributed by atoms with Crippen LogP contribution in [0.15, 0.2) is 23.3 Å². The summed E-state index contributed by atoms with van der Waals surface area (Å²) in [6, 6.07) is -0.777. The zero-order valence-electron chi connectivity index (χ0n) is 10.1. The van der Waals surface area contributed by atoms with E-state index in [0.717, 1.165) is 24.8 Å². The maximum absolute atomic E-state index is 10.7. The summed E-state index contributed by atoms with van der Waals surface area (Å²) in [5.74, 6) is -0.274. The van der Waals surface area contributed by atoms with Gasteiger partial charge < -0.3 is 10.8 Å². The Morgan fingerprint density at radius 2 is 2.19 bits per heavy atom. The van der Waals surface area contributed by atoms with Gasteiger partial charge in [-0.2, -0.15) is 0 Å². The molecule has 1 unspecified atom stereocenters. The standard InChI is InChI=1S/C13H21NO2/c1-9(2)6-10-4-3-5-11(7-10)8-12(14)13(15)16/h5,7,9,12H,3-4,6,8,14H2,1-2H3,(H,15,16). The lowest BCUT2D eigenvalue weighted by molar-refractivity contribution is -0.138. The van der Waals surface area contributed by atoms with Crippen LogP contribution in [0, 0.1) is 5.92 Å². The van der Waals surface area contributed by atoms with E-state index in [1.165, 1.54) is 5.57 Å². The van der Waals surface area contributed by atoms with Crippen LogP contribution < -0.4 is 5.73 Å². The molecule has 0 saturated heterocycles. The quantitative estimate of drug-likeness (QED) is 0.752. The highest BCUT2D eigenvalue weighted by molar-refractivity contribution is 5.73. The van der Waals surface area contributed by atoms with Crippen molar-refractivity contribution in [2.75, 3.05) is 0 Å². The molecule has 0 bridgehead atoms. The number of nitrogens with two attached hydrogens (primary N) is 1. The van der Waals surface area contributed by atoms with Gasteiger partial charge in [-0.05, 0) is 37.2 Å². The van der Waals surface area contributed by atoms with Gasteiger partial charge in [-0.3, -0.25) is 4.79 Å². The van der Waals surface area contributed by atoms with Crippen LogP contribution in [-0.2, 0) is 4.79 Å². The molecule has 0 amide bonds. The lowest BCUT2D eigenvalue weighted by Gasteiger charge is -2.16. The molecule has 3 heteroatoms. The van der Waals surface area contributed by atoms with Crippen LogP contribution in [0.5, 0.6) is 0 Å². The first-order valence-corrected chi connectivity index (χ1v) is 5.86. The number of carbonyl (C=O) groups is 1. The first kappa shape index (κ1) is 13.0. The van der Waals surface area contributed by atoms with E-state index in [2.05, 4.69) is 26.0 Å². The van der Waals surface area contributed by atoms with Gasteiger partial charge in [-0.25, -0.2) is 0 Å². The molecule has 0 aromatic heterocycles. The van der Waals surface area contributed by atoms with Gasteiger partial charge in [-0.1, -0.05) is 31.6 Å². The molecule has 1 atom stereocenters. The normalized spacial score (nSPS) is 18.0. The number of allylic oxidation sites excluding steroid dienone is 3. The molecule has 3 nitrogen and oxygen atoms in total. The lowest BCUT2D eigenvalue weighted by atomic mass is 9.90. The molecule has 0 aromatic carbocycles. The second-order valence-electron chi connectivity index (χ2n) is 4.87. The van der Waals surface area contributed by atoms with E-state index in [0.29, 0.717) is 12.3 Å². The Hall–Kier alpha value is -1.09. The summed E-state index contributed by atoms with van der Waals surface area (Å²) < 4.78 is 0. The molecule has 90 valence electrons. The van der Waals surface area contributed by atoms with Gasteiger partial charge in [-0.15, -0.1) is 0 Å². The minimum Gasteiger partial charge on any atom is -0.480 e. The topological polar surface area (TPSA) is 63.3 Å². The molecular formula is C13H21NO2. The highest BCUT2D eigenvalue weighted by atomic mass is 16.4. The van der Waals surface area contributed by atoms with Crippen molar-refractivity contribution < 1.29 is 9.90 Å². The lowest BCUT2D eigenvalue weighted by Crippen LogP contribution is -2.30. The maximum atomic E-state index is 10.7. The van der Waals surface area contributed by atoms with E-state index < -0.39 is 12.0 Å². The minimum absolute atomic E-state index is 0.441. The molecule has 0 spiro atoms. The van der Waals surface area contributed by atoms with Crippen molar-refractivity contribution in [1.82, 2.24) is 0 Å².